The van der Waals surface area contributed by atoms with Crippen molar-refractivity contribution in [2.45, 2.75) is 12.5 Å². The number of aliphatic hydroxyl groups is 1. The number of β-amino-alcohol motifs (C(OH)–C–C–N with tert-alkyl or cyclic N) is 1. The highest BCUT2D eigenvalue weighted by molar-refractivity contribution is 6.06. The van der Waals surface area contributed by atoms with Crippen molar-refractivity contribution >= 4 is 17.8 Å². The molecule has 1 aromatic heterocycles. The SMILES string of the molecule is O=C1C2C3C=CC(C3)C2C(=O)N1CC(O)CN1CCN(c2ncccn2)CC1. The number of amides is 2. The van der Waals surface area contributed by atoms with Crippen LogP contribution in [0.25, 0.3) is 0 Å². The van der Waals surface area contributed by atoms with Gasteiger partial charge in [-0.2, -0.15) is 0 Å². The number of rotatable bonds is 5. The molecule has 1 saturated carbocycles. The van der Waals surface area contributed by atoms with Gasteiger partial charge in [-0.1, -0.05) is 12.2 Å². The molecule has 4 aliphatic rings. The summed E-state index contributed by atoms with van der Waals surface area (Å²) in [4.78, 5) is 39.7. The number of fused-ring (bicyclic) bond motifs is 5. The van der Waals surface area contributed by atoms with E-state index in [0.717, 1.165) is 38.5 Å². The van der Waals surface area contributed by atoms with Crippen molar-refractivity contribution in [3.05, 3.63) is 30.6 Å². The lowest BCUT2D eigenvalue weighted by Crippen LogP contribution is -2.51. The number of carbonyl (C=O) groups excluding carboxylic acids is 2. The van der Waals surface area contributed by atoms with Gasteiger partial charge in [-0.15, -0.1) is 0 Å². The number of piperazine rings is 1. The van der Waals surface area contributed by atoms with E-state index in [4.69, 9.17) is 0 Å². The zero-order valence-corrected chi connectivity index (χ0v) is 15.7. The van der Waals surface area contributed by atoms with Crippen molar-refractivity contribution in [1.82, 2.24) is 19.8 Å². The Morgan fingerprint density at radius 2 is 1.57 bits per heavy atom. The van der Waals surface area contributed by atoms with Gasteiger partial charge in [0.1, 0.15) is 0 Å². The fourth-order valence-corrected chi connectivity index (χ4v) is 5.30. The standard InChI is InChI=1S/C20H25N5O3/c26-15(11-23-6-8-24(9-7-23)20-21-4-1-5-22-20)12-25-18(27)16-13-2-3-14(10-13)17(16)19(25)28/h1-5,13-17,26H,6-12H2. The molecule has 8 heteroatoms. The van der Waals surface area contributed by atoms with Crippen LogP contribution in [0.3, 0.4) is 0 Å². The fraction of sp³-hybridized carbons (Fsp3) is 0.600. The second-order valence-corrected chi connectivity index (χ2v) is 8.28. The molecule has 5 rings (SSSR count). The van der Waals surface area contributed by atoms with Gasteiger partial charge in [-0.3, -0.25) is 19.4 Å². The lowest BCUT2D eigenvalue weighted by atomic mass is 9.85. The second-order valence-electron chi connectivity index (χ2n) is 8.28. The van der Waals surface area contributed by atoms with Gasteiger partial charge in [0.05, 0.1) is 24.5 Å². The molecular formula is C20H25N5O3. The summed E-state index contributed by atoms with van der Waals surface area (Å²) < 4.78 is 0. The molecule has 3 fully saturated rings. The summed E-state index contributed by atoms with van der Waals surface area (Å²) >= 11 is 0. The van der Waals surface area contributed by atoms with Gasteiger partial charge in [0.15, 0.2) is 0 Å². The zero-order chi connectivity index (χ0) is 19.3. The van der Waals surface area contributed by atoms with Gasteiger partial charge in [0, 0.05) is 45.1 Å². The number of anilines is 1. The van der Waals surface area contributed by atoms with Crippen LogP contribution in [-0.4, -0.2) is 82.1 Å². The van der Waals surface area contributed by atoms with Crippen LogP contribution in [0.15, 0.2) is 30.6 Å². The van der Waals surface area contributed by atoms with Gasteiger partial charge in [0.25, 0.3) is 0 Å². The molecule has 28 heavy (non-hydrogen) atoms. The number of likely N-dealkylation sites (tertiary alicyclic amines) is 1. The normalized spacial score (nSPS) is 33.0. The first-order chi connectivity index (χ1) is 13.6. The number of aliphatic hydroxyl groups excluding tert-OH is 1. The third-order valence-corrected chi connectivity index (χ3v) is 6.63. The third-order valence-electron chi connectivity index (χ3n) is 6.63. The Bertz CT molecular complexity index is 762. The molecule has 2 saturated heterocycles. The molecule has 3 heterocycles. The van der Waals surface area contributed by atoms with Gasteiger partial charge in [-0.25, -0.2) is 9.97 Å². The highest BCUT2D eigenvalue weighted by atomic mass is 16.3. The maximum absolute atomic E-state index is 12.7. The van der Waals surface area contributed by atoms with E-state index in [2.05, 4.69) is 31.9 Å². The molecule has 2 aliphatic heterocycles. The van der Waals surface area contributed by atoms with E-state index in [1.807, 2.05) is 0 Å². The number of carbonyl (C=O) groups is 2. The predicted octanol–water partition coefficient (Wildman–Crippen LogP) is -0.233. The Morgan fingerprint density at radius 3 is 2.18 bits per heavy atom. The minimum absolute atomic E-state index is 0.0862. The van der Waals surface area contributed by atoms with Crippen LogP contribution >= 0.6 is 0 Å². The lowest BCUT2D eigenvalue weighted by Gasteiger charge is -2.36. The first-order valence-electron chi connectivity index (χ1n) is 10.1. The van der Waals surface area contributed by atoms with Crippen LogP contribution in [0.2, 0.25) is 0 Å². The van der Waals surface area contributed by atoms with Crippen molar-refractivity contribution in [2.24, 2.45) is 23.7 Å². The van der Waals surface area contributed by atoms with Crippen molar-refractivity contribution in [3.8, 4) is 0 Å². The summed E-state index contributed by atoms with van der Waals surface area (Å²) in [5.74, 6) is 0.594. The van der Waals surface area contributed by atoms with E-state index < -0.39 is 6.10 Å². The van der Waals surface area contributed by atoms with Crippen molar-refractivity contribution in [2.75, 3.05) is 44.2 Å². The minimum atomic E-state index is -0.725. The van der Waals surface area contributed by atoms with Crippen LogP contribution in [0.5, 0.6) is 0 Å². The Balaban J connectivity index is 1.14. The van der Waals surface area contributed by atoms with E-state index in [0.29, 0.717) is 6.54 Å². The summed E-state index contributed by atoms with van der Waals surface area (Å²) in [5, 5.41) is 10.5. The van der Waals surface area contributed by atoms with Crippen LogP contribution < -0.4 is 4.90 Å². The third kappa shape index (κ3) is 2.91. The Hall–Kier alpha value is -2.32. The average molecular weight is 383 g/mol. The van der Waals surface area contributed by atoms with Crippen LogP contribution in [0.1, 0.15) is 6.42 Å². The highest BCUT2D eigenvalue weighted by Gasteiger charge is 2.59. The largest absolute Gasteiger partial charge is 0.390 e. The topological polar surface area (TPSA) is 89.9 Å². The molecule has 0 aromatic carbocycles. The Labute approximate surface area is 163 Å². The summed E-state index contributed by atoms with van der Waals surface area (Å²) in [6.07, 6.45) is 7.86. The number of aromatic nitrogens is 2. The maximum atomic E-state index is 12.7. The molecule has 2 aliphatic carbocycles. The monoisotopic (exact) mass is 383 g/mol. The number of nitrogens with zero attached hydrogens (tertiary/aromatic N) is 5. The summed E-state index contributed by atoms with van der Waals surface area (Å²) in [6.45, 7) is 3.72. The van der Waals surface area contributed by atoms with Crippen LogP contribution in [-0.2, 0) is 9.59 Å². The number of hydrogen-bond acceptors (Lipinski definition) is 7. The van der Waals surface area contributed by atoms with Gasteiger partial charge >= 0.3 is 0 Å². The van der Waals surface area contributed by atoms with Crippen LogP contribution in [0, 0.1) is 23.7 Å². The van der Waals surface area contributed by atoms with Crippen molar-refractivity contribution < 1.29 is 14.7 Å². The molecule has 0 radical (unpaired) electrons. The van der Waals surface area contributed by atoms with Gasteiger partial charge < -0.3 is 10.0 Å². The minimum Gasteiger partial charge on any atom is -0.390 e. The van der Waals surface area contributed by atoms with Crippen molar-refractivity contribution in [1.29, 1.82) is 0 Å². The first kappa shape index (κ1) is 17.8. The number of allylic oxidation sites excluding steroid dienone is 2. The predicted molar refractivity (Wildman–Crippen MR) is 101 cm³/mol. The molecule has 0 spiro atoms. The molecule has 1 aromatic rings. The molecule has 2 bridgehead atoms. The Morgan fingerprint density at radius 1 is 0.964 bits per heavy atom. The molecule has 1 N–H and O–H groups in total. The smallest absolute Gasteiger partial charge is 0.233 e. The molecular weight excluding hydrogens is 358 g/mol. The number of imide groups is 1. The van der Waals surface area contributed by atoms with Gasteiger partial charge in [0.2, 0.25) is 17.8 Å². The summed E-state index contributed by atoms with van der Waals surface area (Å²) in [7, 11) is 0. The number of hydrogen-bond donors (Lipinski definition) is 1. The van der Waals surface area contributed by atoms with E-state index in [-0.39, 0.29) is 42.0 Å². The van der Waals surface area contributed by atoms with Gasteiger partial charge in [-0.05, 0) is 24.3 Å². The quantitative estimate of drug-likeness (QED) is 0.555. The van der Waals surface area contributed by atoms with E-state index >= 15 is 0 Å². The van der Waals surface area contributed by atoms with Crippen molar-refractivity contribution in [3.63, 3.8) is 0 Å². The lowest BCUT2D eigenvalue weighted by molar-refractivity contribution is -0.142. The average Bonchev–Trinajstić information content (AvgIpc) is 3.39. The fourth-order valence-electron chi connectivity index (χ4n) is 5.30. The molecule has 148 valence electrons. The zero-order valence-electron chi connectivity index (χ0n) is 15.7. The Kier molecular flexibility index (Phi) is 4.40. The van der Waals surface area contributed by atoms with E-state index in [9.17, 15) is 14.7 Å². The first-order valence-corrected chi connectivity index (χ1v) is 10.1. The van der Waals surface area contributed by atoms with Crippen LogP contribution in [0.4, 0.5) is 5.95 Å². The molecule has 5 atom stereocenters. The van der Waals surface area contributed by atoms with E-state index in [1.54, 1.807) is 18.5 Å². The van der Waals surface area contributed by atoms with E-state index in [1.165, 1.54) is 4.90 Å². The molecule has 5 unspecified atom stereocenters. The highest BCUT2D eigenvalue weighted by Crippen LogP contribution is 2.52. The molecule has 8 nitrogen and oxygen atoms in total. The summed E-state index contributed by atoms with van der Waals surface area (Å²) in [5.41, 5.74) is 0. The maximum Gasteiger partial charge on any atom is 0.233 e. The molecule has 2 amide bonds. The summed E-state index contributed by atoms with van der Waals surface area (Å²) in [6, 6.07) is 1.80. The second kappa shape index (κ2) is 6.93.